The second-order valence-corrected chi connectivity index (χ2v) is 7.47. The number of halogens is 1. The second kappa shape index (κ2) is 7.24. The fourth-order valence-electron chi connectivity index (χ4n) is 3.08. The third-order valence-corrected chi connectivity index (χ3v) is 6.01. The molecule has 1 saturated heterocycles. The van der Waals surface area contributed by atoms with Crippen molar-refractivity contribution in [1.29, 1.82) is 0 Å². The fraction of sp³-hybridized carbons (Fsp3) is 0.500. The molecule has 2 atom stereocenters. The van der Waals surface area contributed by atoms with Crippen LogP contribution in [0.1, 0.15) is 51.9 Å². The minimum atomic E-state index is -0.967. The van der Waals surface area contributed by atoms with Crippen LogP contribution in [0.3, 0.4) is 0 Å². The Balaban J connectivity index is 1.69. The molecule has 26 heavy (non-hydrogen) atoms. The predicted molar refractivity (Wildman–Crippen MR) is 99.5 cm³/mol. The van der Waals surface area contributed by atoms with Crippen LogP contribution in [-0.4, -0.2) is 50.6 Å². The van der Waals surface area contributed by atoms with E-state index in [2.05, 4.69) is 20.3 Å². The van der Waals surface area contributed by atoms with Crippen molar-refractivity contribution in [3.8, 4) is 0 Å². The molecule has 10 heteroatoms. The van der Waals surface area contributed by atoms with E-state index < -0.39 is 5.97 Å². The molecule has 3 rings (SSSR count). The molecule has 1 aliphatic rings. The van der Waals surface area contributed by atoms with Gasteiger partial charge < -0.3 is 20.3 Å². The van der Waals surface area contributed by atoms with E-state index in [0.717, 1.165) is 23.5 Å². The van der Waals surface area contributed by atoms with E-state index in [4.69, 9.17) is 11.6 Å². The summed E-state index contributed by atoms with van der Waals surface area (Å²) in [6.45, 7) is 6.22. The van der Waals surface area contributed by atoms with Gasteiger partial charge in [-0.25, -0.2) is 14.8 Å². The van der Waals surface area contributed by atoms with Crippen LogP contribution in [0.2, 0.25) is 5.15 Å². The number of imidazole rings is 1. The first-order valence-corrected chi connectivity index (χ1v) is 9.57. The fourth-order valence-corrected chi connectivity index (χ4v) is 4.32. The molecule has 1 fully saturated rings. The number of anilines is 1. The highest BCUT2D eigenvalue weighted by atomic mass is 35.5. The summed E-state index contributed by atoms with van der Waals surface area (Å²) in [7, 11) is 0. The summed E-state index contributed by atoms with van der Waals surface area (Å²) in [6, 6.07) is 0.00107. The van der Waals surface area contributed by atoms with E-state index >= 15 is 0 Å². The van der Waals surface area contributed by atoms with Gasteiger partial charge in [0.15, 0.2) is 16.1 Å². The van der Waals surface area contributed by atoms with Gasteiger partial charge in [0, 0.05) is 6.54 Å². The van der Waals surface area contributed by atoms with Crippen molar-refractivity contribution in [2.75, 3.05) is 11.4 Å². The van der Waals surface area contributed by atoms with Crippen LogP contribution in [0.5, 0.6) is 0 Å². The standard InChI is InChI=1S/C16H20ClN5O3S/c1-4-8-12(17)21-13(19-8)14(23)20-9-6-22(10(9)5-2)16-18-7(3)11(26-16)15(24)25/h9-10H,4-6H2,1-3H3,(H,19,21)(H,20,23)(H,24,25). The predicted octanol–water partition coefficient (Wildman–Crippen LogP) is 2.49. The van der Waals surface area contributed by atoms with Crippen molar-refractivity contribution in [3.63, 3.8) is 0 Å². The number of nitrogens with zero attached hydrogens (tertiary/aromatic N) is 3. The zero-order chi connectivity index (χ0) is 19.0. The number of aromatic nitrogens is 3. The maximum atomic E-state index is 12.4. The van der Waals surface area contributed by atoms with Gasteiger partial charge in [-0.2, -0.15) is 0 Å². The Morgan fingerprint density at radius 2 is 2.15 bits per heavy atom. The minimum absolute atomic E-state index is 0.0565. The lowest BCUT2D eigenvalue weighted by atomic mass is 9.94. The number of amides is 1. The van der Waals surface area contributed by atoms with Gasteiger partial charge in [0.1, 0.15) is 4.88 Å². The average Bonchev–Trinajstić information content (AvgIpc) is 3.13. The van der Waals surface area contributed by atoms with Gasteiger partial charge in [-0.3, -0.25) is 4.79 Å². The molecule has 0 bridgehead atoms. The molecule has 140 valence electrons. The molecule has 2 unspecified atom stereocenters. The molecule has 3 N–H and O–H groups in total. The lowest BCUT2D eigenvalue weighted by molar-refractivity contribution is 0.0700. The Hall–Kier alpha value is -2.13. The monoisotopic (exact) mass is 397 g/mol. The molecule has 1 aliphatic heterocycles. The number of carbonyl (C=O) groups excluding carboxylic acids is 1. The van der Waals surface area contributed by atoms with Crippen LogP contribution in [0.4, 0.5) is 5.13 Å². The van der Waals surface area contributed by atoms with Crippen molar-refractivity contribution in [3.05, 3.63) is 27.2 Å². The second-order valence-electron chi connectivity index (χ2n) is 6.13. The zero-order valence-corrected chi connectivity index (χ0v) is 16.2. The van der Waals surface area contributed by atoms with E-state index in [1.807, 2.05) is 18.7 Å². The Labute approximate surface area is 159 Å². The molecule has 8 nitrogen and oxygen atoms in total. The van der Waals surface area contributed by atoms with Crippen molar-refractivity contribution >= 4 is 39.9 Å². The largest absolute Gasteiger partial charge is 0.477 e. The number of aryl methyl sites for hydroxylation is 2. The molecule has 2 aromatic rings. The highest BCUT2D eigenvalue weighted by Gasteiger charge is 2.41. The molecule has 0 aromatic carbocycles. The van der Waals surface area contributed by atoms with Crippen LogP contribution >= 0.6 is 22.9 Å². The number of aromatic carboxylic acids is 1. The van der Waals surface area contributed by atoms with Crippen molar-refractivity contribution < 1.29 is 14.7 Å². The van der Waals surface area contributed by atoms with Gasteiger partial charge >= 0.3 is 5.97 Å². The molecule has 2 aromatic heterocycles. The lowest BCUT2D eigenvalue weighted by Gasteiger charge is -2.47. The molecule has 0 radical (unpaired) electrons. The maximum Gasteiger partial charge on any atom is 0.347 e. The highest BCUT2D eigenvalue weighted by molar-refractivity contribution is 7.17. The van der Waals surface area contributed by atoms with Gasteiger partial charge in [-0.1, -0.05) is 36.8 Å². The molecular weight excluding hydrogens is 378 g/mol. The van der Waals surface area contributed by atoms with Gasteiger partial charge in [-0.05, 0) is 19.8 Å². The third-order valence-electron chi connectivity index (χ3n) is 4.52. The zero-order valence-electron chi connectivity index (χ0n) is 14.7. The Kier molecular flexibility index (Phi) is 5.19. The van der Waals surface area contributed by atoms with E-state index in [9.17, 15) is 14.7 Å². The van der Waals surface area contributed by atoms with Crippen LogP contribution in [0.25, 0.3) is 0 Å². The van der Waals surface area contributed by atoms with Crippen LogP contribution < -0.4 is 10.2 Å². The minimum Gasteiger partial charge on any atom is -0.477 e. The first kappa shape index (κ1) is 18.7. The van der Waals surface area contributed by atoms with E-state index in [0.29, 0.717) is 28.9 Å². The first-order chi connectivity index (χ1) is 12.3. The summed E-state index contributed by atoms with van der Waals surface area (Å²) < 4.78 is 0. The number of carboxylic acids is 1. The number of hydrogen-bond donors (Lipinski definition) is 3. The van der Waals surface area contributed by atoms with E-state index in [1.54, 1.807) is 6.92 Å². The summed E-state index contributed by atoms with van der Waals surface area (Å²) in [5.74, 6) is -1.05. The summed E-state index contributed by atoms with van der Waals surface area (Å²) in [6.07, 6.45) is 1.47. The smallest absolute Gasteiger partial charge is 0.347 e. The van der Waals surface area contributed by atoms with Crippen molar-refractivity contribution in [1.82, 2.24) is 20.3 Å². The topological polar surface area (TPSA) is 111 Å². The van der Waals surface area contributed by atoms with E-state index in [1.165, 1.54) is 0 Å². The quantitative estimate of drug-likeness (QED) is 0.690. The van der Waals surface area contributed by atoms with Gasteiger partial charge in [0.2, 0.25) is 0 Å². The SMILES string of the molecule is CCc1[nH]c(C(=O)NC2CN(c3nc(C)c(C(=O)O)s3)C2CC)nc1Cl. The molecular formula is C16H20ClN5O3S. The lowest BCUT2D eigenvalue weighted by Crippen LogP contribution is -2.66. The number of thiazole rings is 1. The Bertz CT molecular complexity index is 849. The Morgan fingerprint density at radius 3 is 2.69 bits per heavy atom. The Morgan fingerprint density at radius 1 is 1.42 bits per heavy atom. The van der Waals surface area contributed by atoms with Crippen LogP contribution in [0, 0.1) is 6.92 Å². The number of hydrogen-bond acceptors (Lipinski definition) is 6. The highest BCUT2D eigenvalue weighted by Crippen LogP contribution is 2.34. The summed E-state index contributed by atoms with van der Waals surface area (Å²) in [5, 5.41) is 13.2. The average molecular weight is 398 g/mol. The number of carboxylic acid groups (broad SMARTS) is 1. The van der Waals surface area contributed by atoms with Crippen LogP contribution in [0.15, 0.2) is 0 Å². The number of H-pyrrole nitrogens is 1. The summed E-state index contributed by atoms with van der Waals surface area (Å²) in [5.41, 5.74) is 1.25. The number of rotatable bonds is 6. The van der Waals surface area contributed by atoms with Gasteiger partial charge in [0.25, 0.3) is 5.91 Å². The summed E-state index contributed by atoms with van der Waals surface area (Å²) >= 11 is 7.15. The third kappa shape index (κ3) is 3.28. The molecule has 0 aliphatic carbocycles. The molecule has 1 amide bonds. The number of carbonyl (C=O) groups is 2. The normalized spacial score (nSPS) is 19.3. The van der Waals surface area contributed by atoms with Crippen LogP contribution in [-0.2, 0) is 6.42 Å². The molecule has 3 heterocycles. The number of nitrogens with one attached hydrogen (secondary N) is 2. The maximum absolute atomic E-state index is 12.4. The number of aromatic amines is 1. The summed E-state index contributed by atoms with van der Waals surface area (Å²) in [4.78, 5) is 37.3. The van der Waals surface area contributed by atoms with E-state index in [-0.39, 0.29) is 28.7 Å². The first-order valence-electron chi connectivity index (χ1n) is 8.38. The van der Waals surface area contributed by atoms with Crippen molar-refractivity contribution in [2.45, 2.75) is 45.7 Å². The molecule has 0 spiro atoms. The molecule has 0 saturated carbocycles. The van der Waals surface area contributed by atoms with Gasteiger partial charge in [-0.15, -0.1) is 0 Å². The van der Waals surface area contributed by atoms with Gasteiger partial charge in [0.05, 0.1) is 23.5 Å². The van der Waals surface area contributed by atoms with Crippen molar-refractivity contribution in [2.24, 2.45) is 0 Å².